The van der Waals surface area contributed by atoms with E-state index < -0.39 is 0 Å². The van der Waals surface area contributed by atoms with Crippen LogP contribution >= 0.6 is 12.4 Å². The molecule has 6 heteroatoms. The average Bonchev–Trinajstić information content (AvgIpc) is 3.14. The Morgan fingerprint density at radius 1 is 1.27 bits per heavy atom. The standard InChI is InChI=1S/C20H30N2O3.ClH/c21-15-20(9-2-1-3-10-20)13-19(23)22-16-6-4-7-17(12-16)25-14-18-8-5-11-24-18;/h4,6-7,12,18H,1-3,5,8-11,13-15,21H2,(H,22,23);1H. The summed E-state index contributed by atoms with van der Waals surface area (Å²) < 4.78 is 11.4. The molecule has 2 fully saturated rings. The minimum Gasteiger partial charge on any atom is -0.491 e. The Balaban J connectivity index is 0.00000243. The van der Waals surface area contributed by atoms with Crippen molar-refractivity contribution in [2.75, 3.05) is 25.1 Å². The highest BCUT2D eigenvalue weighted by atomic mass is 35.5. The minimum atomic E-state index is -0.0176. The number of nitrogens with two attached hydrogens (primary N) is 1. The summed E-state index contributed by atoms with van der Waals surface area (Å²) in [7, 11) is 0. The maximum atomic E-state index is 12.5. The van der Waals surface area contributed by atoms with Crippen LogP contribution in [0.4, 0.5) is 5.69 Å². The first-order valence-corrected chi connectivity index (χ1v) is 9.54. The van der Waals surface area contributed by atoms with Gasteiger partial charge in [-0.15, -0.1) is 12.4 Å². The summed E-state index contributed by atoms with van der Waals surface area (Å²) >= 11 is 0. The van der Waals surface area contributed by atoms with E-state index in [1.807, 2.05) is 24.3 Å². The summed E-state index contributed by atoms with van der Waals surface area (Å²) in [6, 6.07) is 7.59. The van der Waals surface area contributed by atoms with Crippen molar-refractivity contribution in [2.45, 2.75) is 57.5 Å². The van der Waals surface area contributed by atoms with Gasteiger partial charge in [0.05, 0.1) is 6.10 Å². The normalized spacial score (nSPS) is 21.7. The van der Waals surface area contributed by atoms with Crippen LogP contribution in [0.1, 0.15) is 51.4 Å². The lowest BCUT2D eigenvalue weighted by Crippen LogP contribution is -2.36. The molecule has 3 N–H and O–H groups in total. The van der Waals surface area contributed by atoms with Gasteiger partial charge in [-0.05, 0) is 49.8 Å². The van der Waals surface area contributed by atoms with Crippen molar-refractivity contribution in [3.05, 3.63) is 24.3 Å². The zero-order valence-corrected chi connectivity index (χ0v) is 16.2. The number of anilines is 1. The number of carbonyl (C=O) groups excluding carboxylic acids is 1. The molecule has 1 unspecified atom stereocenters. The molecule has 0 bridgehead atoms. The quantitative estimate of drug-likeness (QED) is 0.749. The first kappa shape index (κ1) is 21.0. The van der Waals surface area contributed by atoms with Crippen molar-refractivity contribution in [1.82, 2.24) is 0 Å². The SMILES string of the molecule is Cl.NCC1(CC(=O)Nc2cccc(OCC3CCCO3)c2)CCCCC1. The first-order valence-electron chi connectivity index (χ1n) is 9.54. The van der Waals surface area contributed by atoms with Crippen molar-refractivity contribution in [2.24, 2.45) is 11.1 Å². The second kappa shape index (κ2) is 10.1. The van der Waals surface area contributed by atoms with Crippen LogP contribution in [0.5, 0.6) is 5.75 Å². The molecule has 1 amide bonds. The van der Waals surface area contributed by atoms with Crippen molar-refractivity contribution in [1.29, 1.82) is 0 Å². The number of rotatable bonds is 7. The van der Waals surface area contributed by atoms with Crippen LogP contribution in [-0.4, -0.2) is 31.8 Å². The molecule has 26 heavy (non-hydrogen) atoms. The van der Waals surface area contributed by atoms with Gasteiger partial charge in [-0.3, -0.25) is 4.79 Å². The van der Waals surface area contributed by atoms with Gasteiger partial charge in [0, 0.05) is 24.8 Å². The van der Waals surface area contributed by atoms with E-state index in [0.717, 1.165) is 43.7 Å². The zero-order valence-electron chi connectivity index (χ0n) is 15.4. The summed E-state index contributed by atoms with van der Waals surface area (Å²) in [4.78, 5) is 12.5. The molecule has 1 atom stereocenters. The lowest BCUT2D eigenvalue weighted by Gasteiger charge is -2.35. The average molecular weight is 383 g/mol. The highest BCUT2D eigenvalue weighted by molar-refractivity contribution is 5.91. The summed E-state index contributed by atoms with van der Waals surface area (Å²) in [6.07, 6.45) is 8.58. The first-order chi connectivity index (χ1) is 12.2. The molecule has 1 heterocycles. The van der Waals surface area contributed by atoms with Gasteiger partial charge in [0.25, 0.3) is 0 Å². The second-order valence-electron chi connectivity index (χ2n) is 7.46. The summed E-state index contributed by atoms with van der Waals surface area (Å²) in [5, 5.41) is 3.01. The molecular formula is C20H31ClN2O3. The summed E-state index contributed by atoms with van der Waals surface area (Å²) in [5.41, 5.74) is 6.75. The highest BCUT2D eigenvalue weighted by Crippen LogP contribution is 2.38. The monoisotopic (exact) mass is 382 g/mol. The fraction of sp³-hybridized carbons (Fsp3) is 0.650. The number of halogens is 1. The molecule has 1 aromatic rings. The van der Waals surface area contributed by atoms with Crippen molar-refractivity contribution in [3.8, 4) is 5.75 Å². The number of nitrogens with one attached hydrogen (secondary N) is 1. The molecule has 3 rings (SSSR count). The van der Waals surface area contributed by atoms with Gasteiger partial charge >= 0.3 is 0 Å². The van der Waals surface area contributed by atoms with Crippen LogP contribution < -0.4 is 15.8 Å². The van der Waals surface area contributed by atoms with Gasteiger partial charge in [0.2, 0.25) is 5.91 Å². The number of benzene rings is 1. The molecular weight excluding hydrogens is 352 g/mol. The Labute approximate surface area is 162 Å². The third kappa shape index (κ3) is 5.86. The van der Waals surface area contributed by atoms with Crippen LogP contribution in [0.15, 0.2) is 24.3 Å². The predicted molar refractivity (Wildman–Crippen MR) is 106 cm³/mol. The van der Waals surface area contributed by atoms with Crippen molar-refractivity contribution >= 4 is 24.0 Å². The van der Waals surface area contributed by atoms with E-state index in [-0.39, 0.29) is 29.8 Å². The lowest BCUT2D eigenvalue weighted by atomic mass is 9.71. The molecule has 0 aromatic heterocycles. The molecule has 2 aliphatic rings. The predicted octanol–water partition coefficient (Wildman–Crippen LogP) is 3.90. The highest BCUT2D eigenvalue weighted by Gasteiger charge is 2.32. The fourth-order valence-corrected chi connectivity index (χ4v) is 3.93. The maximum absolute atomic E-state index is 12.5. The van der Waals surface area contributed by atoms with Gasteiger partial charge in [-0.2, -0.15) is 0 Å². The summed E-state index contributed by atoms with van der Waals surface area (Å²) in [6.45, 7) is 1.98. The number of amides is 1. The Bertz CT molecular complexity index is 570. The van der Waals surface area contributed by atoms with E-state index in [1.54, 1.807) is 0 Å². The van der Waals surface area contributed by atoms with Gasteiger partial charge in [-0.25, -0.2) is 0 Å². The number of carbonyl (C=O) groups is 1. The molecule has 0 spiro atoms. The van der Waals surface area contributed by atoms with Crippen molar-refractivity contribution < 1.29 is 14.3 Å². The summed E-state index contributed by atoms with van der Waals surface area (Å²) in [5.74, 6) is 0.808. The Morgan fingerprint density at radius 3 is 2.77 bits per heavy atom. The van der Waals surface area contributed by atoms with E-state index in [9.17, 15) is 4.79 Å². The van der Waals surface area contributed by atoms with E-state index in [0.29, 0.717) is 19.6 Å². The van der Waals surface area contributed by atoms with Crippen LogP contribution in [0.3, 0.4) is 0 Å². The van der Waals surface area contributed by atoms with Crippen molar-refractivity contribution in [3.63, 3.8) is 0 Å². The van der Waals surface area contributed by atoms with E-state index in [1.165, 1.54) is 19.3 Å². The number of hydrogen-bond acceptors (Lipinski definition) is 4. The van der Waals surface area contributed by atoms with Crippen LogP contribution in [0.25, 0.3) is 0 Å². The molecule has 0 radical (unpaired) electrons. The topological polar surface area (TPSA) is 73.6 Å². The second-order valence-corrected chi connectivity index (χ2v) is 7.46. The lowest BCUT2D eigenvalue weighted by molar-refractivity contribution is -0.118. The van der Waals surface area contributed by atoms with Gasteiger partial charge in [-0.1, -0.05) is 25.3 Å². The molecule has 146 valence electrons. The van der Waals surface area contributed by atoms with E-state index in [4.69, 9.17) is 15.2 Å². The third-order valence-electron chi connectivity index (χ3n) is 5.46. The van der Waals surface area contributed by atoms with Gasteiger partial charge in [0.15, 0.2) is 0 Å². The molecule has 1 aliphatic carbocycles. The van der Waals surface area contributed by atoms with Gasteiger partial charge in [0.1, 0.15) is 12.4 Å². The minimum absolute atomic E-state index is 0. The number of hydrogen-bond donors (Lipinski definition) is 2. The Hall–Kier alpha value is -1.30. The smallest absolute Gasteiger partial charge is 0.224 e. The molecule has 1 aromatic carbocycles. The van der Waals surface area contributed by atoms with Gasteiger partial charge < -0.3 is 20.5 Å². The van der Waals surface area contributed by atoms with Crippen LogP contribution in [-0.2, 0) is 9.53 Å². The zero-order chi connectivity index (χ0) is 17.5. The molecule has 1 saturated heterocycles. The van der Waals surface area contributed by atoms with E-state index in [2.05, 4.69) is 5.32 Å². The molecule has 1 saturated carbocycles. The maximum Gasteiger partial charge on any atom is 0.224 e. The van der Waals surface area contributed by atoms with E-state index >= 15 is 0 Å². The Morgan fingerprint density at radius 2 is 2.08 bits per heavy atom. The Kier molecular flexibility index (Phi) is 8.19. The molecule has 5 nitrogen and oxygen atoms in total. The largest absolute Gasteiger partial charge is 0.491 e. The van der Waals surface area contributed by atoms with Crippen LogP contribution in [0.2, 0.25) is 0 Å². The fourth-order valence-electron chi connectivity index (χ4n) is 3.93. The van der Waals surface area contributed by atoms with Crippen LogP contribution in [0, 0.1) is 5.41 Å². The number of ether oxygens (including phenoxy) is 2. The third-order valence-corrected chi connectivity index (χ3v) is 5.46. The molecule has 1 aliphatic heterocycles.